The molecule has 1 saturated carbocycles. The molecule has 0 bridgehead atoms. The zero-order valence-electron chi connectivity index (χ0n) is 10.1. The Labute approximate surface area is 104 Å². The number of carboxylic acid groups (broad SMARTS) is 1. The summed E-state index contributed by atoms with van der Waals surface area (Å²) >= 11 is 0. The Morgan fingerprint density at radius 2 is 1.89 bits per heavy atom. The van der Waals surface area contributed by atoms with Gasteiger partial charge in [-0.3, -0.25) is 9.78 Å². The molecule has 2 rings (SSSR count). The fourth-order valence-electron chi connectivity index (χ4n) is 2.37. The Hall–Kier alpha value is -1.52. The van der Waals surface area contributed by atoms with Crippen LogP contribution in [0.5, 0.6) is 0 Å². The third-order valence-electron chi connectivity index (χ3n) is 3.65. The number of carbonyl (C=O) groups is 1. The van der Waals surface area contributed by atoms with Crippen molar-refractivity contribution in [1.29, 1.82) is 0 Å². The fourth-order valence-corrected chi connectivity index (χ4v) is 2.37. The van der Waals surface area contributed by atoms with Crippen molar-refractivity contribution in [1.82, 2.24) is 4.98 Å². The summed E-state index contributed by atoms with van der Waals surface area (Å²) in [6, 6.07) is 3.40. The standard InChI is InChI=1S/C13H15F2NO2/c1-9-2-3-10(16-8-9)12(11(17)18)4-6-13(14,15)7-5-12/h2-3,8H,4-7H2,1H3,(H,17,18). The highest BCUT2D eigenvalue weighted by atomic mass is 19.3. The average Bonchev–Trinajstić information content (AvgIpc) is 2.30. The Kier molecular flexibility index (Phi) is 3.09. The molecule has 0 radical (unpaired) electrons. The molecule has 0 aromatic carbocycles. The second kappa shape index (κ2) is 4.30. The second-order valence-corrected chi connectivity index (χ2v) is 4.96. The largest absolute Gasteiger partial charge is 0.481 e. The Bertz CT molecular complexity index is 447. The van der Waals surface area contributed by atoms with E-state index in [1.807, 2.05) is 6.92 Å². The first kappa shape index (κ1) is 12.9. The lowest BCUT2D eigenvalue weighted by Gasteiger charge is -2.36. The summed E-state index contributed by atoms with van der Waals surface area (Å²) in [6.07, 6.45) is 0.660. The maximum Gasteiger partial charge on any atom is 0.315 e. The Morgan fingerprint density at radius 3 is 2.33 bits per heavy atom. The summed E-state index contributed by atoms with van der Waals surface area (Å²) in [7, 11) is 0. The molecule has 0 amide bonds. The Balaban J connectivity index is 2.34. The van der Waals surface area contributed by atoms with E-state index < -0.39 is 30.1 Å². The van der Waals surface area contributed by atoms with Gasteiger partial charge in [-0.05, 0) is 31.4 Å². The number of halogens is 2. The zero-order valence-corrected chi connectivity index (χ0v) is 10.1. The van der Waals surface area contributed by atoms with Crippen LogP contribution >= 0.6 is 0 Å². The van der Waals surface area contributed by atoms with Crippen LogP contribution in [0, 0.1) is 6.92 Å². The number of hydrogen-bond acceptors (Lipinski definition) is 2. The molecule has 1 aliphatic rings. The molecule has 1 aromatic rings. The molecule has 1 fully saturated rings. The number of aliphatic carboxylic acids is 1. The lowest BCUT2D eigenvalue weighted by atomic mass is 9.70. The number of alkyl halides is 2. The molecule has 1 aliphatic carbocycles. The first-order valence-electron chi connectivity index (χ1n) is 5.90. The van der Waals surface area contributed by atoms with Crippen molar-refractivity contribution in [3.05, 3.63) is 29.6 Å². The molecular weight excluding hydrogens is 240 g/mol. The third kappa shape index (κ3) is 2.21. The number of carboxylic acids is 1. The molecule has 0 unspecified atom stereocenters. The van der Waals surface area contributed by atoms with Gasteiger partial charge in [0.15, 0.2) is 0 Å². The topological polar surface area (TPSA) is 50.2 Å². The van der Waals surface area contributed by atoms with Crippen LogP contribution in [0.3, 0.4) is 0 Å². The number of pyridine rings is 1. The van der Waals surface area contributed by atoms with Gasteiger partial charge in [-0.25, -0.2) is 8.78 Å². The molecule has 0 atom stereocenters. The van der Waals surface area contributed by atoms with E-state index in [-0.39, 0.29) is 12.8 Å². The minimum absolute atomic E-state index is 0.0641. The van der Waals surface area contributed by atoms with Gasteiger partial charge in [-0.1, -0.05) is 6.07 Å². The SMILES string of the molecule is Cc1ccc(C2(C(=O)O)CCC(F)(F)CC2)nc1. The summed E-state index contributed by atoms with van der Waals surface area (Å²) in [5.74, 6) is -3.81. The van der Waals surface area contributed by atoms with Crippen molar-refractivity contribution >= 4 is 5.97 Å². The highest BCUT2D eigenvalue weighted by molar-refractivity contribution is 5.80. The van der Waals surface area contributed by atoms with E-state index in [9.17, 15) is 18.7 Å². The first-order chi connectivity index (χ1) is 8.36. The van der Waals surface area contributed by atoms with Crippen molar-refractivity contribution in [2.75, 3.05) is 0 Å². The van der Waals surface area contributed by atoms with Crippen LogP contribution in [-0.4, -0.2) is 22.0 Å². The van der Waals surface area contributed by atoms with Crippen LogP contribution in [0.25, 0.3) is 0 Å². The van der Waals surface area contributed by atoms with Gasteiger partial charge >= 0.3 is 5.97 Å². The van der Waals surface area contributed by atoms with E-state index >= 15 is 0 Å². The summed E-state index contributed by atoms with van der Waals surface area (Å²) in [5.41, 5.74) is 0.0478. The quantitative estimate of drug-likeness (QED) is 0.884. The summed E-state index contributed by atoms with van der Waals surface area (Å²) in [6.45, 7) is 1.85. The summed E-state index contributed by atoms with van der Waals surface area (Å²) in [5, 5.41) is 9.40. The lowest BCUT2D eigenvalue weighted by Crippen LogP contribution is -2.43. The first-order valence-corrected chi connectivity index (χ1v) is 5.90. The maximum absolute atomic E-state index is 13.2. The molecule has 98 valence electrons. The summed E-state index contributed by atoms with van der Waals surface area (Å²) in [4.78, 5) is 15.6. The van der Waals surface area contributed by atoms with Gasteiger partial charge in [0.2, 0.25) is 5.92 Å². The average molecular weight is 255 g/mol. The Morgan fingerprint density at radius 1 is 1.28 bits per heavy atom. The number of aryl methyl sites for hydroxylation is 1. The highest BCUT2D eigenvalue weighted by Crippen LogP contribution is 2.45. The molecule has 0 saturated heterocycles. The predicted octanol–water partition coefficient (Wildman–Crippen LogP) is 2.92. The molecular formula is C13H15F2NO2. The summed E-state index contributed by atoms with van der Waals surface area (Å²) < 4.78 is 26.4. The van der Waals surface area contributed by atoms with Gasteiger partial charge in [0.05, 0.1) is 5.69 Å². The van der Waals surface area contributed by atoms with Gasteiger partial charge in [0.1, 0.15) is 5.41 Å². The van der Waals surface area contributed by atoms with Crippen LogP contribution in [0.15, 0.2) is 18.3 Å². The predicted molar refractivity (Wildman–Crippen MR) is 61.7 cm³/mol. The van der Waals surface area contributed by atoms with Gasteiger partial charge in [0.25, 0.3) is 0 Å². The van der Waals surface area contributed by atoms with Crippen LogP contribution in [0.2, 0.25) is 0 Å². The highest BCUT2D eigenvalue weighted by Gasteiger charge is 2.49. The van der Waals surface area contributed by atoms with Crippen LogP contribution in [0.4, 0.5) is 8.78 Å². The molecule has 18 heavy (non-hydrogen) atoms. The minimum Gasteiger partial charge on any atom is -0.481 e. The van der Waals surface area contributed by atoms with Crippen molar-refractivity contribution in [3.63, 3.8) is 0 Å². The van der Waals surface area contributed by atoms with Crippen molar-refractivity contribution in [2.24, 2.45) is 0 Å². The van der Waals surface area contributed by atoms with Gasteiger partial charge in [0, 0.05) is 19.0 Å². The van der Waals surface area contributed by atoms with Crippen LogP contribution in [-0.2, 0) is 10.2 Å². The lowest BCUT2D eigenvalue weighted by molar-refractivity contribution is -0.149. The molecule has 1 N–H and O–H groups in total. The maximum atomic E-state index is 13.2. The fraction of sp³-hybridized carbons (Fsp3) is 0.538. The molecule has 3 nitrogen and oxygen atoms in total. The number of nitrogens with zero attached hydrogens (tertiary/aromatic N) is 1. The van der Waals surface area contributed by atoms with E-state index in [1.165, 1.54) is 0 Å². The van der Waals surface area contributed by atoms with Gasteiger partial charge in [-0.2, -0.15) is 0 Å². The van der Waals surface area contributed by atoms with E-state index in [4.69, 9.17) is 0 Å². The third-order valence-corrected chi connectivity index (χ3v) is 3.65. The van der Waals surface area contributed by atoms with Gasteiger partial charge in [-0.15, -0.1) is 0 Å². The second-order valence-electron chi connectivity index (χ2n) is 4.96. The van der Waals surface area contributed by atoms with E-state index in [0.717, 1.165) is 5.56 Å². The number of aromatic nitrogens is 1. The van der Waals surface area contributed by atoms with Crippen molar-refractivity contribution in [3.8, 4) is 0 Å². The molecule has 0 spiro atoms. The normalized spacial score (nSPS) is 21.5. The molecule has 1 heterocycles. The molecule has 5 heteroatoms. The van der Waals surface area contributed by atoms with E-state index in [0.29, 0.717) is 5.69 Å². The van der Waals surface area contributed by atoms with Crippen LogP contribution in [0.1, 0.15) is 36.9 Å². The monoisotopic (exact) mass is 255 g/mol. The van der Waals surface area contributed by atoms with Crippen LogP contribution < -0.4 is 0 Å². The number of hydrogen-bond donors (Lipinski definition) is 1. The van der Waals surface area contributed by atoms with Crippen molar-refractivity contribution in [2.45, 2.75) is 43.9 Å². The number of rotatable bonds is 2. The van der Waals surface area contributed by atoms with Gasteiger partial charge < -0.3 is 5.11 Å². The molecule has 0 aliphatic heterocycles. The zero-order chi connectivity index (χ0) is 13.4. The molecule has 1 aromatic heterocycles. The van der Waals surface area contributed by atoms with E-state index in [2.05, 4.69) is 4.98 Å². The van der Waals surface area contributed by atoms with E-state index in [1.54, 1.807) is 18.3 Å². The van der Waals surface area contributed by atoms with Crippen molar-refractivity contribution < 1.29 is 18.7 Å². The minimum atomic E-state index is -2.75. The smallest absolute Gasteiger partial charge is 0.315 e.